The second-order valence-electron chi connectivity index (χ2n) is 16.5. The monoisotopic (exact) mass is 879 g/mol. The number of allylic oxidation sites excluding steroid dienone is 14. The van der Waals surface area contributed by atoms with Crippen molar-refractivity contribution < 1.29 is 34.1 Å². The van der Waals surface area contributed by atoms with Gasteiger partial charge >= 0.3 is 11.9 Å². The number of nitrogens with one attached hydrogen (secondary N) is 2. The van der Waals surface area contributed by atoms with Gasteiger partial charge in [0.15, 0.2) is 0 Å². The normalized spacial score (nSPS) is 13.2. The SMILES string of the molecule is CC/C=C\C/C=C\C/C=C\C/C=C\C/C=C\C/C=C\C/C=C\CCCC(=O)OC(CCCCCCCCCCCCCC)CCCCCCCC(=O)NCC(=O)NC(CO)C(=O)O. The first-order valence-electron chi connectivity index (χ1n) is 25.0. The standard InChI is InChI=1S/C54H90N2O7/c1-3-5-7-9-11-13-15-17-18-19-20-21-22-23-24-25-26-27-29-31-33-38-42-46-53(60)63-49(43-39-35-32-30-28-16-14-12-10-8-6-4-2)44-40-36-34-37-41-45-51(58)55-47-52(59)56-50(48-57)54(61)62/h5,7,11,13,17-18,20-21,23-24,26-27,31,33,49-50,57H,3-4,6,8-10,12,14-16,19,22,25,28-30,32,34-48H2,1-2H3,(H,55,58)(H,56,59)(H,61,62)/b7-5-,13-11-,18-17-,21-20-,24-23-,27-26-,33-31-. The third-order valence-electron chi connectivity index (χ3n) is 10.7. The van der Waals surface area contributed by atoms with Crippen molar-refractivity contribution in [3.63, 3.8) is 0 Å². The zero-order chi connectivity index (χ0) is 46.1. The highest BCUT2D eigenvalue weighted by molar-refractivity contribution is 5.87. The second-order valence-corrected chi connectivity index (χ2v) is 16.5. The van der Waals surface area contributed by atoms with Crippen molar-refractivity contribution in [3.8, 4) is 0 Å². The van der Waals surface area contributed by atoms with Crippen molar-refractivity contribution in [1.29, 1.82) is 0 Å². The number of unbranched alkanes of at least 4 members (excludes halogenated alkanes) is 16. The van der Waals surface area contributed by atoms with Crippen LogP contribution in [0.25, 0.3) is 0 Å². The van der Waals surface area contributed by atoms with Crippen LogP contribution in [0.5, 0.6) is 0 Å². The van der Waals surface area contributed by atoms with E-state index in [2.05, 4.69) is 110 Å². The van der Waals surface area contributed by atoms with E-state index >= 15 is 0 Å². The number of ether oxygens (including phenoxy) is 1. The van der Waals surface area contributed by atoms with Crippen LogP contribution in [0, 0.1) is 0 Å². The molecule has 0 aliphatic rings. The van der Waals surface area contributed by atoms with Gasteiger partial charge in [0.2, 0.25) is 11.8 Å². The number of rotatable bonds is 44. The Morgan fingerprint density at radius 2 is 0.905 bits per heavy atom. The highest BCUT2D eigenvalue weighted by Crippen LogP contribution is 2.19. The Hall–Kier alpha value is -3.98. The fourth-order valence-electron chi connectivity index (χ4n) is 6.88. The molecule has 9 nitrogen and oxygen atoms in total. The first-order valence-corrected chi connectivity index (χ1v) is 25.0. The molecule has 0 aromatic rings. The highest BCUT2D eigenvalue weighted by Gasteiger charge is 2.19. The van der Waals surface area contributed by atoms with E-state index in [-0.39, 0.29) is 30.9 Å². The lowest BCUT2D eigenvalue weighted by molar-refractivity contribution is -0.150. The van der Waals surface area contributed by atoms with Crippen LogP contribution >= 0.6 is 0 Å². The fraction of sp³-hybridized carbons (Fsp3) is 0.667. The molecule has 0 aromatic carbocycles. The second kappa shape index (κ2) is 47.5. The Balaban J connectivity index is 4.39. The number of aliphatic carboxylic acids is 1. The van der Waals surface area contributed by atoms with Gasteiger partial charge in [0.1, 0.15) is 12.1 Å². The van der Waals surface area contributed by atoms with Crippen LogP contribution in [0.1, 0.15) is 206 Å². The van der Waals surface area contributed by atoms with E-state index in [1.165, 1.54) is 70.6 Å². The lowest BCUT2D eigenvalue weighted by Crippen LogP contribution is -2.47. The topological polar surface area (TPSA) is 142 Å². The van der Waals surface area contributed by atoms with Gasteiger partial charge in [-0.3, -0.25) is 14.4 Å². The number of esters is 1. The number of hydrogen-bond donors (Lipinski definition) is 4. The molecule has 2 amide bonds. The minimum absolute atomic E-state index is 0.0484. The van der Waals surface area contributed by atoms with Gasteiger partial charge in [0, 0.05) is 12.8 Å². The molecule has 4 N–H and O–H groups in total. The first kappa shape index (κ1) is 59.0. The van der Waals surface area contributed by atoms with Crippen LogP contribution in [-0.2, 0) is 23.9 Å². The number of carbonyl (C=O) groups is 4. The summed E-state index contributed by atoms with van der Waals surface area (Å²) in [5.41, 5.74) is 0. The molecule has 0 bridgehead atoms. The van der Waals surface area contributed by atoms with E-state index in [9.17, 15) is 19.2 Å². The zero-order valence-corrected chi connectivity index (χ0v) is 39.8. The Bertz CT molecular complexity index is 1330. The summed E-state index contributed by atoms with van der Waals surface area (Å²) in [6.45, 7) is 3.37. The Labute approximate surface area is 384 Å². The van der Waals surface area contributed by atoms with Crippen molar-refractivity contribution in [1.82, 2.24) is 10.6 Å². The minimum atomic E-state index is -1.39. The van der Waals surface area contributed by atoms with Crippen molar-refractivity contribution in [2.75, 3.05) is 13.2 Å². The van der Waals surface area contributed by atoms with E-state index in [0.717, 1.165) is 103 Å². The van der Waals surface area contributed by atoms with Crippen molar-refractivity contribution in [3.05, 3.63) is 85.1 Å². The van der Waals surface area contributed by atoms with Crippen LogP contribution in [0.3, 0.4) is 0 Å². The predicted octanol–water partition coefficient (Wildman–Crippen LogP) is 13.2. The summed E-state index contributed by atoms with van der Waals surface area (Å²) in [5.74, 6) is -2.36. The van der Waals surface area contributed by atoms with Crippen LogP contribution < -0.4 is 10.6 Å². The maximum absolute atomic E-state index is 12.8. The summed E-state index contributed by atoms with van der Waals surface area (Å²) in [5, 5.41) is 22.6. The number of amides is 2. The molecule has 0 heterocycles. The average Bonchev–Trinajstić information content (AvgIpc) is 3.27. The van der Waals surface area contributed by atoms with Gasteiger partial charge in [-0.25, -0.2) is 4.79 Å². The van der Waals surface area contributed by atoms with E-state index < -0.39 is 24.5 Å². The van der Waals surface area contributed by atoms with Gasteiger partial charge in [0.25, 0.3) is 0 Å². The Morgan fingerprint density at radius 1 is 0.492 bits per heavy atom. The summed E-state index contributed by atoms with van der Waals surface area (Å²) in [4.78, 5) is 47.7. The van der Waals surface area contributed by atoms with E-state index in [4.69, 9.17) is 14.9 Å². The highest BCUT2D eigenvalue weighted by atomic mass is 16.5. The summed E-state index contributed by atoms with van der Waals surface area (Å²) in [6, 6.07) is -1.39. The van der Waals surface area contributed by atoms with Crippen LogP contribution in [0.15, 0.2) is 85.1 Å². The van der Waals surface area contributed by atoms with Gasteiger partial charge in [-0.15, -0.1) is 0 Å². The Morgan fingerprint density at radius 3 is 1.33 bits per heavy atom. The summed E-state index contributed by atoms with van der Waals surface area (Å²) < 4.78 is 6.03. The molecular formula is C54H90N2O7. The molecule has 0 fully saturated rings. The molecule has 0 aromatic heterocycles. The van der Waals surface area contributed by atoms with Gasteiger partial charge in [0.05, 0.1) is 13.2 Å². The largest absolute Gasteiger partial charge is 0.480 e. The fourth-order valence-corrected chi connectivity index (χ4v) is 6.88. The molecule has 0 aliphatic heterocycles. The first-order chi connectivity index (χ1) is 30.8. The summed E-state index contributed by atoms with van der Waals surface area (Å²) in [7, 11) is 0. The maximum Gasteiger partial charge on any atom is 0.328 e. The number of aliphatic hydroxyl groups excluding tert-OH is 1. The predicted molar refractivity (Wildman–Crippen MR) is 263 cm³/mol. The van der Waals surface area contributed by atoms with Gasteiger partial charge < -0.3 is 25.6 Å². The van der Waals surface area contributed by atoms with E-state index in [1.54, 1.807) is 0 Å². The summed E-state index contributed by atoms with van der Waals surface area (Å²) in [6.07, 6.45) is 61.9. The average molecular weight is 879 g/mol. The molecule has 2 atom stereocenters. The molecule has 0 saturated carbocycles. The number of aliphatic hydroxyl groups is 1. The quantitative estimate of drug-likeness (QED) is 0.0271. The van der Waals surface area contributed by atoms with Crippen molar-refractivity contribution in [2.24, 2.45) is 0 Å². The molecule has 2 unspecified atom stereocenters. The minimum Gasteiger partial charge on any atom is -0.480 e. The van der Waals surface area contributed by atoms with E-state index in [1.807, 2.05) is 0 Å². The van der Waals surface area contributed by atoms with Gasteiger partial charge in [-0.2, -0.15) is 0 Å². The maximum atomic E-state index is 12.8. The van der Waals surface area contributed by atoms with Crippen LogP contribution in [-0.4, -0.2) is 59.3 Å². The smallest absolute Gasteiger partial charge is 0.328 e. The zero-order valence-electron chi connectivity index (χ0n) is 39.8. The van der Waals surface area contributed by atoms with E-state index in [0.29, 0.717) is 12.8 Å². The van der Waals surface area contributed by atoms with Gasteiger partial charge in [-0.1, -0.05) is 189 Å². The van der Waals surface area contributed by atoms with Gasteiger partial charge in [-0.05, 0) is 89.9 Å². The number of carboxylic acids is 1. The molecule has 9 heteroatoms. The molecule has 358 valence electrons. The summed E-state index contributed by atoms with van der Waals surface area (Å²) >= 11 is 0. The lowest BCUT2D eigenvalue weighted by Gasteiger charge is -2.18. The Kier molecular flexibility index (Phi) is 44.5. The number of carbonyl (C=O) groups excluding carboxylic acids is 3. The number of hydrogen-bond acceptors (Lipinski definition) is 6. The lowest BCUT2D eigenvalue weighted by atomic mass is 10.0. The van der Waals surface area contributed by atoms with Crippen LogP contribution in [0.2, 0.25) is 0 Å². The van der Waals surface area contributed by atoms with Crippen molar-refractivity contribution in [2.45, 2.75) is 219 Å². The molecule has 0 rings (SSSR count). The molecule has 0 aliphatic carbocycles. The third kappa shape index (κ3) is 44.4. The molecule has 0 saturated heterocycles. The number of carboxylic acid groups (broad SMARTS) is 1. The van der Waals surface area contributed by atoms with Crippen LogP contribution in [0.4, 0.5) is 0 Å². The molecular weight excluding hydrogens is 789 g/mol. The molecule has 0 spiro atoms. The molecule has 0 radical (unpaired) electrons. The van der Waals surface area contributed by atoms with Crippen molar-refractivity contribution >= 4 is 23.8 Å². The molecule has 63 heavy (non-hydrogen) atoms. The third-order valence-corrected chi connectivity index (χ3v) is 10.7.